The molecule has 2 aliphatic rings. The van der Waals surface area contributed by atoms with Crippen molar-refractivity contribution in [3.63, 3.8) is 0 Å². The van der Waals surface area contributed by atoms with E-state index in [0.29, 0.717) is 17.1 Å². The molecular weight excluding hydrogens is 334 g/mol. The molecule has 2 heterocycles. The number of carbonyl (C=O) groups excluding carboxylic acids is 1. The lowest BCUT2D eigenvalue weighted by Crippen LogP contribution is -2.20. The maximum absolute atomic E-state index is 12.4. The summed E-state index contributed by atoms with van der Waals surface area (Å²) in [6, 6.07) is 11.4. The first-order chi connectivity index (χ1) is 12.6. The van der Waals surface area contributed by atoms with Crippen LogP contribution in [0.4, 0.5) is 5.69 Å². The summed E-state index contributed by atoms with van der Waals surface area (Å²) in [7, 11) is 4.84. The maximum Gasteiger partial charge on any atom is 0.337 e. The molecule has 0 saturated heterocycles. The second kappa shape index (κ2) is 6.29. The van der Waals surface area contributed by atoms with Crippen LogP contribution in [0.3, 0.4) is 0 Å². The summed E-state index contributed by atoms with van der Waals surface area (Å²) < 4.78 is 21.4. The molecule has 0 fully saturated rings. The largest absolute Gasteiger partial charge is 0.497 e. The Morgan fingerprint density at radius 1 is 0.962 bits per heavy atom. The van der Waals surface area contributed by atoms with Crippen molar-refractivity contribution in [2.24, 2.45) is 0 Å². The summed E-state index contributed by atoms with van der Waals surface area (Å²) in [6.45, 7) is 0.239. The molecule has 0 aliphatic carbocycles. The smallest absolute Gasteiger partial charge is 0.337 e. The van der Waals surface area contributed by atoms with Gasteiger partial charge in [-0.25, -0.2) is 4.79 Å². The zero-order valence-corrected chi connectivity index (χ0v) is 14.8. The van der Waals surface area contributed by atoms with Crippen LogP contribution in [0.5, 0.6) is 17.2 Å². The van der Waals surface area contributed by atoms with Gasteiger partial charge in [-0.05, 0) is 29.3 Å². The highest BCUT2D eigenvalue weighted by atomic mass is 16.5. The van der Waals surface area contributed by atoms with Crippen LogP contribution in [0.15, 0.2) is 47.7 Å². The normalized spacial score (nSPS) is 17.8. The summed E-state index contributed by atoms with van der Waals surface area (Å²) in [5.41, 5.74) is 4.17. The molecule has 2 aromatic rings. The quantitative estimate of drug-likeness (QED) is 0.852. The van der Waals surface area contributed by atoms with Gasteiger partial charge < -0.3 is 24.3 Å². The number of hydrogen-bond acceptors (Lipinski definition) is 6. The number of esters is 1. The van der Waals surface area contributed by atoms with Crippen LogP contribution < -0.4 is 19.5 Å². The molecule has 0 radical (unpaired) electrons. The number of carbonyl (C=O) groups is 1. The third-order valence-electron chi connectivity index (χ3n) is 4.75. The molecule has 0 bridgehead atoms. The summed E-state index contributed by atoms with van der Waals surface area (Å²) >= 11 is 0. The van der Waals surface area contributed by atoms with Gasteiger partial charge in [0.25, 0.3) is 0 Å². The summed E-state index contributed by atoms with van der Waals surface area (Å²) in [6.07, 6.45) is 0. The van der Waals surface area contributed by atoms with E-state index in [1.165, 1.54) is 0 Å². The number of anilines is 1. The van der Waals surface area contributed by atoms with Crippen molar-refractivity contribution in [3.8, 4) is 17.2 Å². The third-order valence-corrected chi connectivity index (χ3v) is 4.75. The van der Waals surface area contributed by atoms with E-state index in [2.05, 4.69) is 5.32 Å². The summed E-state index contributed by atoms with van der Waals surface area (Å²) in [4.78, 5) is 12.4. The van der Waals surface area contributed by atoms with Crippen molar-refractivity contribution in [3.05, 3.63) is 58.8 Å². The van der Waals surface area contributed by atoms with Crippen molar-refractivity contribution in [1.82, 2.24) is 0 Å². The number of methoxy groups -OCH3 is 3. The summed E-state index contributed by atoms with van der Waals surface area (Å²) in [5.74, 6) is 1.50. The van der Waals surface area contributed by atoms with E-state index in [9.17, 15) is 4.79 Å². The van der Waals surface area contributed by atoms with Gasteiger partial charge in [0.2, 0.25) is 0 Å². The second-order valence-electron chi connectivity index (χ2n) is 6.13. The van der Waals surface area contributed by atoms with E-state index in [0.717, 1.165) is 28.3 Å². The molecule has 134 valence electrons. The third kappa shape index (κ3) is 2.54. The minimum Gasteiger partial charge on any atom is -0.497 e. The van der Waals surface area contributed by atoms with Crippen molar-refractivity contribution in [1.29, 1.82) is 0 Å². The predicted molar refractivity (Wildman–Crippen MR) is 96.0 cm³/mol. The molecular formula is C20H19NO5. The second-order valence-corrected chi connectivity index (χ2v) is 6.13. The predicted octanol–water partition coefficient (Wildman–Crippen LogP) is 3.08. The van der Waals surface area contributed by atoms with Gasteiger partial charge in [0.15, 0.2) is 0 Å². The van der Waals surface area contributed by atoms with Gasteiger partial charge in [0.1, 0.15) is 23.9 Å². The molecule has 6 nitrogen and oxygen atoms in total. The Hall–Kier alpha value is -3.15. The molecule has 1 atom stereocenters. The van der Waals surface area contributed by atoms with Gasteiger partial charge in [-0.2, -0.15) is 0 Å². The molecule has 2 aliphatic heterocycles. The number of rotatable bonds is 4. The first kappa shape index (κ1) is 16.3. The highest BCUT2D eigenvalue weighted by molar-refractivity contribution is 5.97. The van der Waals surface area contributed by atoms with Crippen LogP contribution in [0.1, 0.15) is 17.0 Å². The Morgan fingerprint density at radius 3 is 2.31 bits per heavy atom. The fraction of sp³-hybridized carbons (Fsp3) is 0.250. The monoisotopic (exact) mass is 353 g/mol. The number of benzene rings is 2. The Kier molecular flexibility index (Phi) is 3.95. The highest BCUT2D eigenvalue weighted by Crippen LogP contribution is 2.46. The van der Waals surface area contributed by atoms with Crippen molar-refractivity contribution >= 4 is 11.7 Å². The van der Waals surface area contributed by atoms with Gasteiger partial charge in [0.05, 0.1) is 32.6 Å². The minimum absolute atomic E-state index is 0.239. The molecule has 0 spiro atoms. The first-order valence-corrected chi connectivity index (χ1v) is 8.22. The zero-order chi connectivity index (χ0) is 18.3. The zero-order valence-electron chi connectivity index (χ0n) is 14.8. The van der Waals surface area contributed by atoms with Gasteiger partial charge in [-0.15, -0.1) is 0 Å². The number of hydrogen-bond donors (Lipinski definition) is 1. The highest BCUT2D eigenvalue weighted by Gasteiger charge is 2.38. The number of ether oxygens (including phenoxy) is 4. The SMILES string of the molecule is COc1cc(OC)cc([C@H]2C3=C(COC3=O)Nc3cc(OC)ccc32)c1. The van der Waals surface area contributed by atoms with Gasteiger partial charge >= 0.3 is 5.97 Å². The van der Waals surface area contributed by atoms with E-state index in [1.807, 2.05) is 36.4 Å². The van der Waals surface area contributed by atoms with Gasteiger partial charge in [-0.3, -0.25) is 0 Å². The van der Waals surface area contributed by atoms with Crippen LogP contribution in [0.25, 0.3) is 0 Å². The average Bonchev–Trinajstić information content (AvgIpc) is 3.05. The fourth-order valence-electron chi connectivity index (χ4n) is 3.49. The van der Waals surface area contributed by atoms with Crippen LogP contribution >= 0.6 is 0 Å². The molecule has 6 heteroatoms. The van der Waals surface area contributed by atoms with Crippen LogP contribution in [-0.2, 0) is 9.53 Å². The molecule has 0 aromatic heterocycles. The van der Waals surface area contributed by atoms with Crippen molar-refractivity contribution < 1.29 is 23.7 Å². The van der Waals surface area contributed by atoms with Gasteiger partial charge in [-0.1, -0.05) is 6.07 Å². The van der Waals surface area contributed by atoms with E-state index < -0.39 is 0 Å². The molecule has 0 amide bonds. The molecule has 4 rings (SSSR count). The average molecular weight is 353 g/mol. The molecule has 1 N–H and O–H groups in total. The molecule has 0 saturated carbocycles. The fourth-order valence-corrected chi connectivity index (χ4v) is 3.49. The first-order valence-electron chi connectivity index (χ1n) is 8.22. The Morgan fingerprint density at radius 2 is 1.65 bits per heavy atom. The lowest BCUT2D eigenvalue weighted by molar-refractivity contribution is -0.136. The lowest BCUT2D eigenvalue weighted by atomic mass is 9.81. The Balaban J connectivity index is 1.92. The standard InChI is InChI=1S/C20H19NO5/c1-23-12-4-5-15-16(9-12)21-17-10-26-20(22)19(17)18(15)11-6-13(24-2)8-14(7-11)25-3/h4-9,18,21H,10H2,1-3H3/t18-/m1/s1. The van der Waals surface area contributed by atoms with Crippen LogP contribution in [0.2, 0.25) is 0 Å². The van der Waals surface area contributed by atoms with E-state index in [-0.39, 0.29) is 18.5 Å². The Labute approximate surface area is 151 Å². The van der Waals surface area contributed by atoms with Crippen molar-refractivity contribution in [2.45, 2.75) is 5.92 Å². The topological polar surface area (TPSA) is 66.0 Å². The molecule has 0 unspecified atom stereocenters. The molecule has 26 heavy (non-hydrogen) atoms. The van der Waals surface area contributed by atoms with E-state index in [1.54, 1.807) is 21.3 Å². The van der Waals surface area contributed by atoms with E-state index >= 15 is 0 Å². The number of cyclic esters (lactones) is 1. The van der Waals surface area contributed by atoms with Gasteiger partial charge in [0, 0.05) is 23.7 Å². The maximum atomic E-state index is 12.4. The number of nitrogens with one attached hydrogen (secondary N) is 1. The van der Waals surface area contributed by atoms with E-state index in [4.69, 9.17) is 18.9 Å². The molecule has 2 aromatic carbocycles. The minimum atomic E-state index is -0.305. The lowest BCUT2D eigenvalue weighted by Gasteiger charge is -2.28. The van der Waals surface area contributed by atoms with Crippen LogP contribution in [0, 0.1) is 0 Å². The van der Waals surface area contributed by atoms with Crippen molar-refractivity contribution in [2.75, 3.05) is 33.3 Å². The number of fused-ring (bicyclic) bond motifs is 1. The van der Waals surface area contributed by atoms with Crippen LogP contribution in [-0.4, -0.2) is 33.9 Å². The summed E-state index contributed by atoms with van der Waals surface area (Å²) in [5, 5.41) is 3.31. The Bertz CT molecular complexity index is 896.